The predicted octanol–water partition coefficient (Wildman–Crippen LogP) is 0.520. The van der Waals surface area contributed by atoms with E-state index >= 15 is 0 Å². The Bertz CT molecular complexity index is 153. The van der Waals surface area contributed by atoms with Gasteiger partial charge in [-0.05, 0) is 13.3 Å². The maximum Gasteiger partial charge on any atom is 1.00 e. The van der Waals surface area contributed by atoms with E-state index in [-0.39, 0.29) is 25.2 Å². The minimum atomic E-state index is -0.0534. The van der Waals surface area contributed by atoms with Gasteiger partial charge in [0.25, 0.3) is 0 Å². The van der Waals surface area contributed by atoms with Crippen LogP contribution in [0.15, 0.2) is 0 Å². The average Bonchev–Trinajstić information content (AvgIpc) is 2.18. The molecule has 0 amide bonds. The Morgan fingerprint density at radius 2 is 1.87 bits per heavy atom. The normalized spacial score (nSPS) is 31.0. The fourth-order valence-corrected chi connectivity index (χ4v) is 1.83. The van der Waals surface area contributed by atoms with Gasteiger partial charge in [0.05, 0.1) is 0 Å². The summed E-state index contributed by atoms with van der Waals surface area (Å²) < 4.78 is 11.0. The Labute approximate surface area is 106 Å². The molecule has 0 aromatic heterocycles. The summed E-state index contributed by atoms with van der Waals surface area (Å²) in [5.41, 5.74) is 0. The van der Waals surface area contributed by atoms with Crippen LogP contribution in [0.1, 0.15) is 52.9 Å². The minimum absolute atomic E-state index is 0. The van der Waals surface area contributed by atoms with Crippen molar-refractivity contribution in [3.63, 3.8) is 0 Å². The molecule has 1 saturated heterocycles. The first kappa shape index (κ1) is 15.5. The third-order valence-electron chi connectivity index (χ3n) is 2.78. The molecule has 0 radical (unpaired) electrons. The van der Waals surface area contributed by atoms with Gasteiger partial charge in [-0.15, -0.1) is 5.92 Å². The summed E-state index contributed by atoms with van der Waals surface area (Å²) in [5, 5.41) is 0. The quantitative estimate of drug-likeness (QED) is 0.371. The van der Waals surface area contributed by atoms with Gasteiger partial charge >= 0.3 is 18.9 Å². The fourth-order valence-electron chi connectivity index (χ4n) is 1.83. The van der Waals surface area contributed by atoms with Crippen LogP contribution >= 0.6 is 0 Å². The van der Waals surface area contributed by atoms with Crippen molar-refractivity contribution in [3.05, 3.63) is 6.61 Å². The summed E-state index contributed by atoms with van der Waals surface area (Å²) in [6.07, 6.45) is 6.74. The molecule has 1 rings (SSSR count). The van der Waals surface area contributed by atoms with E-state index in [1.165, 1.54) is 32.1 Å². The third-order valence-corrected chi connectivity index (χ3v) is 2.78. The molecule has 0 spiro atoms. The fraction of sp³-hybridized carbons (Fsp3) is 0.917. The molecular formula is C12H23LiO2. The van der Waals surface area contributed by atoms with E-state index in [1.807, 2.05) is 13.5 Å². The van der Waals surface area contributed by atoms with Crippen LogP contribution in [-0.2, 0) is 9.47 Å². The predicted molar refractivity (Wildman–Crippen MR) is 57.6 cm³/mol. The zero-order chi connectivity index (χ0) is 10.4. The van der Waals surface area contributed by atoms with Gasteiger partial charge < -0.3 is 9.47 Å². The van der Waals surface area contributed by atoms with Crippen LogP contribution in [0.3, 0.4) is 0 Å². The Morgan fingerprint density at radius 3 is 2.53 bits per heavy atom. The van der Waals surface area contributed by atoms with Crippen molar-refractivity contribution in [2.24, 2.45) is 5.92 Å². The Morgan fingerprint density at radius 1 is 1.13 bits per heavy atom. The van der Waals surface area contributed by atoms with E-state index in [4.69, 9.17) is 9.47 Å². The second kappa shape index (κ2) is 8.64. The number of hydrogen-bond donors (Lipinski definition) is 0. The molecule has 1 heterocycles. The number of hydrogen-bond acceptors (Lipinski definition) is 2. The maximum atomic E-state index is 5.73. The van der Waals surface area contributed by atoms with Crippen molar-refractivity contribution in [3.8, 4) is 0 Å². The summed E-state index contributed by atoms with van der Waals surface area (Å²) >= 11 is 0. The van der Waals surface area contributed by atoms with Gasteiger partial charge in [0.2, 0.25) is 0 Å². The zero-order valence-corrected chi connectivity index (χ0v) is 10.7. The SMILES string of the molecule is CCCCCC[C@@H]1O[C@H](C)O[CH-][C@@H]1C.[Li+]. The van der Waals surface area contributed by atoms with Crippen LogP contribution in [0.4, 0.5) is 0 Å². The number of ether oxygens (including phenoxy) is 2. The van der Waals surface area contributed by atoms with E-state index in [0.717, 1.165) is 0 Å². The van der Waals surface area contributed by atoms with Crippen LogP contribution in [0.2, 0.25) is 0 Å². The van der Waals surface area contributed by atoms with Crippen molar-refractivity contribution in [1.29, 1.82) is 0 Å². The summed E-state index contributed by atoms with van der Waals surface area (Å²) in [7, 11) is 0. The largest absolute Gasteiger partial charge is 1.00 e. The molecule has 1 fully saturated rings. The molecule has 3 atom stereocenters. The monoisotopic (exact) mass is 206 g/mol. The summed E-state index contributed by atoms with van der Waals surface area (Å²) in [4.78, 5) is 0. The van der Waals surface area contributed by atoms with Gasteiger partial charge in [0.1, 0.15) is 6.29 Å². The van der Waals surface area contributed by atoms with E-state index in [9.17, 15) is 0 Å². The van der Waals surface area contributed by atoms with Gasteiger partial charge in [0.15, 0.2) is 0 Å². The summed E-state index contributed by atoms with van der Waals surface area (Å²) in [6, 6.07) is 0. The van der Waals surface area contributed by atoms with Crippen LogP contribution in [0, 0.1) is 12.5 Å². The molecule has 0 aromatic carbocycles. The van der Waals surface area contributed by atoms with E-state index in [1.54, 1.807) is 0 Å². The zero-order valence-electron chi connectivity index (χ0n) is 10.7. The maximum absolute atomic E-state index is 5.73. The van der Waals surface area contributed by atoms with Crippen LogP contribution in [0.25, 0.3) is 0 Å². The van der Waals surface area contributed by atoms with Crippen molar-refractivity contribution >= 4 is 0 Å². The summed E-state index contributed by atoms with van der Waals surface area (Å²) in [5.74, 6) is 0.438. The average molecular weight is 206 g/mol. The summed E-state index contributed by atoms with van der Waals surface area (Å²) in [6.45, 7) is 8.29. The van der Waals surface area contributed by atoms with Gasteiger partial charge in [-0.3, -0.25) is 0 Å². The first-order chi connectivity index (χ1) is 6.74. The molecule has 0 aliphatic carbocycles. The molecule has 15 heavy (non-hydrogen) atoms. The van der Waals surface area contributed by atoms with Gasteiger partial charge in [-0.25, -0.2) is 6.61 Å². The molecular weight excluding hydrogens is 183 g/mol. The molecule has 0 bridgehead atoms. The van der Waals surface area contributed by atoms with Crippen molar-refractivity contribution in [2.75, 3.05) is 0 Å². The van der Waals surface area contributed by atoms with Crippen LogP contribution in [-0.4, -0.2) is 12.4 Å². The molecule has 2 nitrogen and oxygen atoms in total. The Kier molecular flexibility index (Phi) is 8.94. The van der Waals surface area contributed by atoms with Crippen molar-refractivity contribution < 1.29 is 28.3 Å². The van der Waals surface area contributed by atoms with Gasteiger partial charge in [0, 0.05) is 6.10 Å². The second-order valence-electron chi connectivity index (χ2n) is 4.22. The van der Waals surface area contributed by atoms with Crippen LogP contribution in [0.5, 0.6) is 0 Å². The molecule has 0 N–H and O–H groups in total. The third kappa shape index (κ3) is 5.97. The van der Waals surface area contributed by atoms with Gasteiger partial charge in [-0.1, -0.05) is 39.5 Å². The van der Waals surface area contributed by atoms with E-state index < -0.39 is 0 Å². The van der Waals surface area contributed by atoms with E-state index in [2.05, 4.69) is 13.8 Å². The molecule has 1 aliphatic rings. The van der Waals surface area contributed by atoms with Crippen molar-refractivity contribution in [1.82, 2.24) is 0 Å². The molecule has 0 unspecified atom stereocenters. The number of unbranched alkanes of at least 4 members (excludes halogenated alkanes) is 3. The first-order valence-electron chi connectivity index (χ1n) is 5.88. The molecule has 0 saturated carbocycles. The standard InChI is InChI=1S/C12H23O2.Li/c1-4-5-6-7-8-12-10(2)9-13-11(3)14-12;/h9-12H,4-8H2,1-3H3;/q-1;+1/t10-,11+,12-;/m0./s1. The topological polar surface area (TPSA) is 18.5 Å². The second-order valence-corrected chi connectivity index (χ2v) is 4.22. The Hall–Kier alpha value is 0.517. The number of rotatable bonds is 5. The van der Waals surface area contributed by atoms with Crippen molar-refractivity contribution in [2.45, 2.75) is 65.3 Å². The molecule has 84 valence electrons. The van der Waals surface area contributed by atoms with Crippen LogP contribution < -0.4 is 18.9 Å². The first-order valence-corrected chi connectivity index (χ1v) is 5.88. The van der Waals surface area contributed by atoms with E-state index in [0.29, 0.717) is 12.0 Å². The molecule has 3 heteroatoms. The Balaban J connectivity index is 0.00000196. The smallest absolute Gasteiger partial charge is 0.529 e. The minimum Gasteiger partial charge on any atom is -0.529 e. The van der Waals surface area contributed by atoms with Gasteiger partial charge in [-0.2, -0.15) is 0 Å². The molecule has 0 aromatic rings. The molecule has 1 aliphatic heterocycles.